The number of piperidine rings is 1. The minimum atomic E-state index is 0.0811. The third-order valence-corrected chi connectivity index (χ3v) is 4.88. The summed E-state index contributed by atoms with van der Waals surface area (Å²) >= 11 is 3.52. The molecular weight excluding hydrogens is 358 g/mol. The lowest BCUT2D eigenvalue weighted by molar-refractivity contribution is 0.0607. The summed E-state index contributed by atoms with van der Waals surface area (Å²) in [5.41, 5.74) is 0.651. The second kappa shape index (κ2) is 8.57. The van der Waals surface area contributed by atoms with E-state index < -0.39 is 0 Å². The van der Waals surface area contributed by atoms with Gasteiger partial charge in [0.25, 0.3) is 5.91 Å². The summed E-state index contributed by atoms with van der Waals surface area (Å²) in [4.78, 5) is 14.9. The molecule has 0 spiro atoms. The Morgan fingerprint density at radius 3 is 2.78 bits per heavy atom. The molecule has 0 radical (unpaired) electrons. The molecule has 0 aromatic heterocycles. The van der Waals surface area contributed by atoms with Crippen LogP contribution in [-0.2, 0) is 0 Å². The van der Waals surface area contributed by atoms with Crippen molar-refractivity contribution < 1.29 is 14.3 Å². The molecule has 2 rings (SSSR count). The second-order valence-corrected chi connectivity index (χ2v) is 6.75. The van der Waals surface area contributed by atoms with E-state index in [0.717, 1.165) is 36.7 Å². The van der Waals surface area contributed by atoms with Crippen molar-refractivity contribution in [2.75, 3.05) is 20.3 Å². The van der Waals surface area contributed by atoms with E-state index in [9.17, 15) is 4.79 Å². The first-order chi connectivity index (χ1) is 11.1. The third kappa shape index (κ3) is 4.19. The fraction of sp³-hybridized carbons (Fsp3) is 0.611. The topological polar surface area (TPSA) is 38.8 Å². The van der Waals surface area contributed by atoms with Crippen LogP contribution in [-0.4, -0.2) is 37.1 Å². The number of carbonyl (C=O) groups excluding carboxylic acids is 1. The van der Waals surface area contributed by atoms with E-state index in [1.54, 1.807) is 13.2 Å². The molecule has 0 N–H and O–H groups in total. The van der Waals surface area contributed by atoms with E-state index in [2.05, 4.69) is 29.8 Å². The molecule has 0 bridgehead atoms. The van der Waals surface area contributed by atoms with Gasteiger partial charge < -0.3 is 14.4 Å². The lowest BCUT2D eigenvalue weighted by atomic mass is 9.99. The maximum atomic E-state index is 12.9. The van der Waals surface area contributed by atoms with Crippen LogP contribution in [0.3, 0.4) is 0 Å². The lowest BCUT2D eigenvalue weighted by Crippen LogP contribution is -2.43. The summed E-state index contributed by atoms with van der Waals surface area (Å²) in [7, 11) is 1.60. The molecular formula is C18H26BrNO3. The largest absolute Gasteiger partial charge is 0.493 e. The molecule has 1 aromatic rings. The molecule has 4 nitrogen and oxygen atoms in total. The number of hydrogen-bond donors (Lipinski definition) is 0. The van der Waals surface area contributed by atoms with Crippen molar-refractivity contribution in [3.8, 4) is 11.5 Å². The first-order valence-electron chi connectivity index (χ1n) is 8.43. The van der Waals surface area contributed by atoms with Gasteiger partial charge in [-0.3, -0.25) is 4.79 Å². The summed E-state index contributed by atoms with van der Waals surface area (Å²) in [6.07, 6.45) is 5.31. The van der Waals surface area contributed by atoms with Crippen LogP contribution >= 0.6 is 15.9 Å². The third-order valence-electron chi connectivity index (χ3n) is 4.29. The highest BCUT2D eigenvalue weighted by molar-refractivity contribution is 9.10. The van der Waals surface area contributed by atoms with Crippen LogP contribution < -0.4 is 9.47 Å². The van der Waals surface area contributed by atoms with Gasteiger partial charge in [0.05, 0.1) is 18.2 Å². The number of ether oxygens (including phenoxy) is 2. The van der Waals surface area contributed by atoms with Crippen molar-refractivity contribution in [2.24, 2.45) is 0 Å². The summed E-state index contributed by atoms with van der Waals surface area (Å²) in [5, 5.41) is 0. The maximum absolute atomic E-state index is 12.9. The Balaban J connectivity index is 2.28. The van der Waals surface area contributed by atoms with Gasteiger partial charge in [-0.2, -0.15) is 0 Å². The van der Waals surface area contributed by atoms with Crippen LogP contribution in [0.5, 0.6) is 11.5 Å². The molecule has 1 unspecified atom stereocenters. The van der Waals surface area contributed by atoms with Crippen molar-refractivity contribution in [3.05, 3.63) is 22.2 Å². The van der Waals surface area contributed by atoms with Crippen LogP contribution in [0.2, 0.25) is 0 Å². The molecule has 128 valence electrons. The zero-order valence-corrected chi connectivity index (χ0v) is 15.8. The lowest BCUT2D eigenvalue weighted by Gasteiger charge is -2.35. The average Bonchev–Trinajstić information content (AvgIpc) is 2.59. The Kier molecular flexibility index (Phi) is 6.75. The first kappa shape index (κ1) is 18.1. The van der Waals surface area contributed by atoms with E-state index in [4.69, 9.17) is 9.47 Å². The van der Waals surface area contributed by atoms with Crippen molar-refractivity contribution in [1.29, 1.82) is 0 Å². The Labute approximate surface area is 147 Å². The van der Waals surface area contributed by atoms with E-state index in [-0.39, 0.29) is 5.91 Å². The quantitative estimate of drug-likeness (QED) is 0.717. The molecule has 5 heteroatoms. The van der Waals surface area contributed by atoms with E-state index in [1.165, 1.54) is 6.42 Å². The molecule has 0 saturated carbocycles. The van der Waals surface area contributed by atoms with Gasteiger partial charge in [-0.1, -0.05) is 13.8 Å². The maximum Gasteiger partial charge on any atom is 0.254 e. The molecule has 1 aromatic carbocycles. The SMILES string of the molecule is CCCOc1c(Br)cc(C(=O)N2CCCCC2CC)cc1OC. The Bertz CT molecular complexity index is 547. The predicted octanol–water partition coefficient (Wildman–Crippen LogP) is 4.65. The number of carbonyl (C=O) groups is 1. The Morgan fingerprint density at radius 1 is 1.35 bits per heavy atom. The molecule has 1 saturated heterocycles. The van der Waals surface area contributed by atoms with Gasteiger partial charge in [-0.15, -0.1) is 0 Å². The molecule has 1 fully saturated rings. The number of nitrogens with zero attached hydrogens (tertiary/aromatic N) is 1. The zero-order valence-electron chi connectivity index (χ0n) is 14.2. The molecule has 23 heavy (non-hydrogen) atoms. The highest BCUT2D eigenvalue weighted by Crippen LogP contribution is 2.37. The minimum Gasteiger partial charge on any atom is -0.493 e. The number of methoxy groups -OCH3 is 1. The van der Waals surface area contributed by atoms with Gasteiger partial charge in [0.2, 0.25) is 0 Å². The van der Waals surface area contributed by atoms with Crippen molar-refractivity contribution in [2.45, 2.75) is 52.0 Å². The van der Waals surface area contributed by atoms with E-state index in [0.29, 0.717) is 29.7 Å². The number of rotatable bonds is 6. The molecule has 1 heterocycles. The zero-order chi connectivity index (χ0) is 16.8. The molecule has 1 aliphatic rings. The molecule has 1 atom stereocenters. The predicted molar refractivity (Wildman–Crippen MR) is 95.4 cm³/mol. The van der Waals surface area contributed by atoms with E-state index in [1.807, 2.05) is 11.0 Å². The summed E-state index contributed by atoms with van der Waals surface area (Å²) in [5.74, 6) is 1.34. The highest BCUT2D eigenvalue weighted by atomic mass is 79.9. The van der Waals surface area contributed by atoms with Crippen molar-refractivity contribution in [3.63, 3.8) is 0 Å². The number of hydrogen-bond acceptors (Lipinski definition) is 3. The fourth-order valence-corrected chi connectivity index (χ4v) is 3.60. The summed E-state index contributed by atoms with van der Waals surface area (Å²) in [6, 6.07) is 3.98. The Morgan fingerprint density at radius 2 is 2.13 bits per heavy atom. The second-order valence-electron chi connectivity index (χ2n) is 5.89. The van der Waals surface area contributed by atoms with Gasteiger partial charge in [0.1, 0.15) is 0 Å². The van der Waals surface area contributed by atoms with Crippen LogP contribution in [0.25, 0.3) is 0 Å². The Hall–Kier alpha value is -1.23. The van der Waals surface area contributed by atoms with Crippen LogP contribution in [0.1, 0.15) is 56.3 Å². The number of likely N-dealkylation sites (tertiary alicyclic amines) is 1. The van der Waals surface area contributed by atoms with Gasteiger partial charge >= 0.3 is 0 Å². The molecule has 1 aliphatic heterocycles. The minimum absolute atomic E-state index is 0.0811. The number of benzene rings is 1. The number of halogens is 1. The fourth-order valence-electron chi connectivity index (χ4n) is 3.05. The van der Waals surface area contributed by atoms with Gasteiger partial charge in [-0.05, 0) is 60.2 Å². The van der Waals surface area contributed by atoms with Crippen LogP contribution in [0.4, 0.5) is 0 Å². The van der Waals surface area contributed by atoms with Crippen molar-refractivity contribution >= 4 is 21.8 Å². The van der Waals surface area contributed by atoms with Crippen LogP contribution in [0.15, 0.2) is 16.6 Å². The summed E-state index contributed by atoms with van der Waals surface area (Å²) < 4.78 is 11.9. The van der Waals surface area contributed by atoms with Gasteiger partial charge in [0, 0.05) is 18.2 Å². The standard InChI is InChI=1S/C18H26BrNO3/c1-4-10-23-17-15(19)11-13(12-16(17)22-3)18(21)20-9-7-6-8-14(20)5-2/h11-12,14H,4-10H2,1-3H3. The molecule has 1 amide bonds. The average molecular weight is 384 g/mol. The van der Waals surface area contributed by atoms with Crippen LogP contribution in [0, 0.1) is 0 Å². The first-order valence-corrected chi connectivity index (χ1v) is 9.22. The highest BCUT2D eigenvalue weighted by Gasteiger charge is 2.27. The van der Waals surface area contributed by atoms with Gasteiger partial charge in [0.15, 0.2) is 11.5 Å². The smallest absolute Gasteiger partial charge is 0.254 e. The molecule has 0 aliphatic carbocycles. The van der Waals surface area contributed by atoms with Gasteiger partial charge in [-0.25, -0.2) is 0 Å². The summed E-state index contributed by atoms with van der Waals surface area (Å²) in [6.45, 7) is 5.66. The van der Waals surface area contributed by atoms with Crippen molar-refractivity contribution in [1.82, 2.24) is 4.90 Å². The van der Waals surface area contributed by atoms with E-state index >= 15 is 0 Å². The number of amides is 1. The normalized spacial score (nSPS) is 17.9. The monoisotopic (exact) mass is 383 g/mol.